The smallest absolute Gasteiger partial charge is 0.174 e. The number of halogens is 1. The maximum atomic E-state index is 12.6. The number of aryl methyl sites for hydroxylation is 1. The zero-order chi connectivity index (χ0) is 21.1. The highest BCUT2D eigenvalue weighted by molar-refractivity contribution is 8.03. The molecule has 1 aliphatic rings. The van der Waals surface area contributed by atoms with E-state index >= 15 is 0 Å². The number of carbonyl (C=O) groups is 2. The molecule has 148 valence electrons. The van der Waals surface area contributed by atoms with Gasteiger partial charge in [-0.15, -0.1) is 11.3 Å². The van der Waals surface area contributed by atoms with Crippen molar-refractivity contribution in [1.29, 1.82) is 5.26 Å². The molecule has 2 aromatic rings. The summed E-state index contributed by atoms with van der Waals surface area (Å²) < 4.78 is 0. The molecular formula is C22H19ClN2O2S2. The Labute approximate surface area is 183 Å². The van der Waals surface area contributed by atoms with Gasteiger partial charge in [-0.3, -0.25) is 9.59 Å². The Hall–Kier alpha value is -2.33. The van der Waals surface area contributed by atoms with Crippen LogP contribution in [0.2, 0.25) is 5.02 Å². The lowest BCUT2D eigenvalue weighted by Gasteiger charge is -2.29. The van der Waals surface area contributed by atoms with Crippen molar-refractivity contribution in [1.82, 2.24) is 5.32 Å². The highest BCUT2D eigenvalue weighted by Crippen LogP contribution is 2.43. The molecule has 0 spiro atoms. The molecule has 0 fully saturated rings. The monoisotopic (exact) mass is 442 g/mol. The molecule has 0 amide bonds. The molecule has 0 saturated heterocycles. The number of nitrogens with zero attached hydrogens (tertiary/aromatic N) is 1. The lowest BCUT2D eigenvalue weighted by Crippen LogP contribution is -2.27. The van der Waals surface area contributed by atoms with Gasteiger partial charge in [0.05, 0.1) is 33.4 Å². The van der Waals surface area contributed by atoms with E-state index in [9.17, 15) is 14.9 Å². The number of Topliss-reactive ketones (excluding diaryl/α,β-unsaturated/α-hetero) is 2. The molecule has 0 saturated carbocycles. The van der Waals surface area contributed by atoms with E-state index < -0.39 is 5.92 Å². The van der Waals surface area contributed by atoms with Gasteiger partial charge in [-0.1, -0.05) is 35.5 Å². The third-order valence-corrected chi connectivity index (χ3v) is 7.14. The molecule has 4 nitrogen and oxygen atoms in total. The summed E-state index contributed by atoms with van der Waals surface area (Å²) in [7, 11) is 0. The number of benzene rings is 1. The predicted molar refractivity (Wildman–Crippen MR) is 119 cm³/mol. The van der Waals surface area contributed by atoms with Crippen molar-refractivity contribution < 1.29 is 9.59 Å². The summed E-state index contributed by atoms with van der Waals surface area (Å²) >= 11 is 8.92. The van der Waals surface area contributed by atoms with Gasteiger partial charge in [-0.2, -0.15) is 5.26 Å². The number of nitrogens with one attached hydrogen (secondary N) is 1. The van der Waals surface area contributed by atoms with Gasteiger partial charge in [0.25, 0.3) is 0 Å². The quantitative estimate of drug-likeness (QED) is 0.588. The lowest BCUT2D eigenvalue weighted by molar-refractivity contribution is -0.113. The summed E-state index contributed by atoms with van der Waals surface area (Å²) in [5, 5.41) is 16.1. The molecule has 1 aromatic carbocycles. The summed E-state index contributed by atoms with van der Waals surface area (Å²) in [6, 6.07) is 11.2. The molecule has 1 aromatic heterocycles. The molecule has 29 heavy (non-hydrogen) atoms. The van der Waals surface area contributed by atoms with Crippen molar-refractivity contribution in [2.45, 2.75) is 26.7 Å². The van der Waals surface area contributed by atoms with Crippen LogP contribution in [0.3, 0.4) is 0 Å². The fourth-order valence-corrected chi connectivity index (χ4v) is 5.60. The minimum atomic E-state index is -0.420. The number of rotatable bonds is 6. The molecule has 1 N–H and O–H groups in total. The molecule has 1 atom stereocenters. The topological polar surface area (TPSA) is 70.0 Å². The second-order valence-electron chi connectivity index (χ2n) is 6.67. The van der Waals surface area contributed by atoms with Gasteiger partial charge in [0.1, 0.15) is 0 Å². The van der Waals surface area contributed by atoms with Crippen LogP contribution in [0, 0.1) is 18.3 Å². The maximum Gasteiger partial charge on any atom is 0.174 e. The number of thioether (sulfide) groups is 1. The van der Waals surface area contributed by atoms with Gasteiger partial charge in [0.15, 0.2) is 11.6 Å². The van der Waals surface area contributed by atoms with Crippen LogP contribution in [0.1, 0.15) is 40.6 Å². The molecule has 0 aliphatic carbocycles. The second-order valence-corrected chi connectivity index (χ2v) is 9.01. The summed E-state index contributed by atoms with van der Waals surface area (Å²) in [5.41, 5.74) is 3.26. The van der Waals surface area contributed by atoms with E-state index in [-0.39, 0.29) is 17.3 Å². The summed E-state index contributed by atoms with van der Waals surface area (Å²) in [5.74, 6) is -0.473. The Morgan fingerprint density at radius 3 is 2.59 bits per heavy atom. The van der Waals surface area contributed by atoms with E-state index in [4.69, 9.17) is 11.6 Å². The fourth-order valence-electron chi connectivity index (χ4n) is 3.34. The predicted octanol–water partition coefficient (Wildman–Crippen LogP) is 5.61. The number of ketones is 2. The van der Waals surface area contributed by atoms with Crippen LogP contribution in [0.25, 0.3) is 0 Å². The zero-order valence-corrected chi connectivity index (χ0v) is 18.6. The lowest BCUT2D eigenvalue weighted by atomic mass is 9.84. The van der Waals surface area contributed by atoms with E-state index in [1.165, 1.54) is 30.0 Å². The number of carbonyl (C=O) groups excluding carboxylic acids is 2. The minimum absolute atomic E-state index is 0.0725. The SMILES string of the molecule is CC(=O)C1=C(C)NC(SCC(=O)c2ccccc2Cl)=C(C#N)[C@@H]1c1sccc1C. The van der Waals surface area contributed by atoms with Crippen molar-refractivity contribution in [3.05, 3.63) is 78.6 Å². The van der Waals surface area contributed by atoms with Gasteiger partial charge in [-0.25, -0.2) is 0 Å². The van der Waals surface area contributed by atoms with Crippen LogP contribution in [-0.4, -0.2) is 17.3 Å². The second kappa shape index (κ2) is 9.00. The average molecular weight is 443 g/mol. The highest BCUT2D eigenvalue weighted by atomic mass is 35.5. The number of nitriles is 1. The largest absolute Gasteiger partial charge is 0.353 e. The molecule has 2 heterocycles. The van der Waals surface area contributed by atoms with Crippen molar-refractivity contribution in [2.75, 3.05) is 5.75 Å². The Bertz CT molecular complexity index is 1090. The minimum Gasteiger partial charge on any atom is -0.353 e. The van der Waals surface area contributed by atoms with E-state index in [1.54, 1.807) is 24.3 Å². The Morgan fingerprint density at radius 2 is 2.00 bits per heavy atom. The normalized spacial score (nSPS) is 16.4. The number of dihydropyridines is 1. The Morgan fingerprint density at radius 1 is 1.28 bits per heavy atom. The summed E-state index contributed by atoms with van der Waals surface area (Å²) in [4.78, 5) is 26.0. The number of thiophene rings is 1. The average Bonchev–Trinajstić information content (AvgIpc) is 3.11. The zero-order valence-electron chi connectivity index (χ0n) is 16.2. The third kappa shape index (κ3) is 4.32. The third-order valence-electron chi connectivity index (χ3n) is 4.71. The van der Waals surface area contributed by atoms with Crippen molar-refractivity contribution in [3.8, 4) is 6.07 Å². The summed E-state index contributed by atoms with van der Waals surface area (Å²) in [6.45, 7) is 5.32. The molecular weight excluding hydrogens is 424 g/mol. The molecule has 0 unspecified atom stereocenters. The van der Waals surface area contributed by atoms with Crippen molar-refractivity contribution in [2.24, 2.45) is 0 Å². The van der Waals surface area contributed by atoms with Crippen LogP contribution in [0.15, 0.2) is 57.6 Å². The van der Waals surface area contributed by atoms with Crippen molar-refractivity contribution in [3.63, 3.8) is 0 Å². The maximum absolute atomic E-state index is 12.6. The number of hydrogen-bond donors (Lipinski definition) is 1. The van der Waals surface area contributed by atoms with E-state index in [2.05, 4.69) is 11.4 Å². The van der Waals surface area contributed by atoms with Crippen molar-refractivity contribution >= 4 is 46.3 Å². The van der Waals surface area contributed by atoms with E-state index in [0.717, 1.165) is 10.4 Å². The number of allylic oxidation sites excluding steroid dienone is 3. The summed E-state index contributed by atoms with van der Waals surface area (Å²) in [6.07, 6.45) is 0. The van der Waals surface area contributed by atoms with Crippen LogP contribution in [0.5, 0.6) is 0 Å². The Kier molecular flexibility index (Phi) is 6.63. The highest BCUT2D eigenvalue weighted by Gasteiger charge is 2.34. The van der Waals surface area contributed by atoms with Crippen LogP contribution in [-0.2, 0) is 4.79 Å². The first-order valence-electron chi connectivity index (χ1n) is 8.92. The van der Waals surface area contributed by atoms with Crippen LogP contribution < -0.4 is 5.32 Å². The Balaban J connectivity index is 1.96. The molecule has 1 aliphatic heterocycles. The van der Waals surface area contributed by atoms with E-state index in [1.807, 2.05) is 25.3 Å². The van der Waals surface area contributed by atoms with Crippen LogP contribution in [0.4, 0.5) is 0 Å². The first-order chi connectivity index (χ1) is 13.8. The molecule has 0 radical (unpaired) electrons. The molecule has 0 bridgehead atoms. The molecule has 3 rings (SSSR count). The first kappa shape index (κ1) is 21.4. The number of hydrogen-bond acceptors (Lipinski definition) is 6. The van der Waals surface area contributed by atoms with Gasteiger partial charge < -0.3 is 5.32 Å². The first-order valence-corrected chi connectivity index (χ1v) is 11.2. The standard InChI is InChI=1S/C22H19ClN2O2S2/c1-12-8-9-28-21(12)20-16(10-24)22(25-13(2)19(20)14(3)26)29-11-18(27)15-6-4-5-7-17(15)23/h4-9,20,25H,11H2,1-3H3/t20-/m0/s1. The van der Waals surface area contributed by atoms with Gasteiger partial charge in [0.2, 0.25) is 0 Å². The van der Waals surface area contributed by atoms with Gasteiger partial charge in [-0.05, 0) is 49.9 Å². The van der Waals surface area contributed by atoms with E-state index in [0.29, 0.717) is 32.5 Å². The molecule has 7 heteroatoms. The van der Waals surface area contributed by atoms with Gasteiger partial charge in [0, 0.05) is 21.7 Å². The fraction of sp³-hybridized carbons (Fsp3) is 0.227. The van der Waals surface area contributed by atoms with Crippen LogP contribution >= 0.6 is 34.7 Å². The van der Waals surface area contributed by atoms with Gasteiger partial charge >= 0.3 is 0 Å².